The van der Waals surface area contributed by atoms with Crippen molar-refractivity contribution in [3.8, 4) is 17.6 Å². The first-order valence-corrected chi connectivity index (χ1v) is 13.8. The molecule has 1 aromatic heterocycles. The molecule has 13 heteroatoms. The molecule has 0 bridgehead atoms. The number of hydrogen-bond donors (Lipinski definition) is 3. The summed E-state index contributed by atoms with van der Waals surface area (Å²) < 4.78 is 37.9. The van der Waals surface area contributed by atoms with Crippen molar-refractivity contribution in [3.05, 3.63) is 120 Å². The minimum atomic E-state index is -5.08. The minimum absolute atomic E-state index is 0.00131. The van der Waals surface area contributed by atoms with Crippen LogP contribution in [0.3, 0.4) is 0 Å². The molecule has 4 N–H and O–H groups in total. The van der Waals surface area contributed by atoms with Crippen LogP contribution in [0, 0.1) is 11.3 Å². The lowest BCUT2D eigenvalue weighted by Gasteiger charge is -2.25. The summed E-state index contributed by atoms with van der Waals surface area (Å²) in [6, 6.07) is 29.4. The van der Waals surface area contributed by atoms with Gasteiger partial charge in [-0.15, -0.1) is 0 Å². The Balaban J connectivity index is 0.000000738. The number of hydrogen-bond acceptors (Lipinski definition) is 7. The number of benzene rings is 3. The van der Waals surface area contributed by atoms with Gasteiger partial charge in [0.05, 0.1) is 36.1 Å². The van der Waals surface area contributed by atoms with E-state index in [1.807, 2.05) is 72.8 Å². The zero-order valence-corrected chi connectivity index (χ0v) is 24.4. The van der Waals surface area contributed by atoms with Crippen molar-refractivity contribution < 1.29 is 37.4 Å². The number of carboxylic acids is 1. The molecule has 2 amide bonds. The van der Waals surface area contributed by atoms with Crippen LogP contribution in [0.25, 0.3) is 0 Å². The summed E-state index contributed by atoms with van der Waals surface area (Å²) >= 11 is 0. The van der Waals surface area contributed by atoms with Gasteiger partial charge in [-0.3, -0.25) is 14.6 Å². The molecule has 0 aliphatic heterocycles. The number of anilines is 1. The maximum Gasteiger partial charge on any atom is 0.490 e. The number of ether oxygens (including phenoxy) is 1. The van der Waals surface area contributed by atoms with Gasteiger partial charge in [-0.2, -0.15) is 18.4 Å². The molecule has 3 aromatic carbocycles. The van der Waals surface area contributed by atoms with Gasteiger partial charge in [-0.05, 0) is 59.7 Å². The van der Waals surface area contributed by atoms with Crippen molar-refractivity contribution in [2.75, 3.05) is 4.90 Å². The molecule has 0 aliphatic rings. The second kappa shape index (κ2) is 16.9. The third kappa shape index (κ3) is 11.1. The van der Waals surface area contributed by atoms with Crippen molar-refractivity contribution in [1.29, 1.82) is 5.26 Å². The van der Waals surface area contributed by atoms with Crippen LogP contribution in [0.1, 0.15) is 35.2 Å². The summed E-state index contributed by atoms with van der Waals surface area (Å²) in [5.74, 6) is -2.14. The lowest BCUT2D eigenvalue weighted by molar-refractivity contribution is -0.192. The third-order valence-electron chi connectivity index (χ3n) is 6.24. The molecule has 0 saturated carbocycles. The molecule has 0 aliphatic carbocycles. The van der Waals surface area contributed by atoms with Crippen molar-refractivity contribution in [2.24, 2.45) is 5.73 Å². The van der Waals surface area contributed by atoms with Crippen molar-refractivity contribution in [3.63, 3.8) is 0 Å². The highest BCUT2D eigenvalue weighted by Crippen LogP contribution is 2.34. The summed E-state index contributed by atoms with van der Waals surface area (Å²) in [4.78, 5) is 40.8. The largest absolute Gasteiger partial charge is 0.490 e. The molecule has 10 nitrogen and oxygen atoms in total. The van der Waals surface area contributed by atoms with E-state index < -0.39 is 12.1 Å². The predicted octanol–water partition coefficient (Wildman–Crippen LogP) is 5.47. The number of nitriles is 1. The number of carbonyl (C=O) groups is 3. The summed E-state index contributed by atoms with van der Waals surface area (Å²) in [5.41, 5.74) is 9.38. The van der Waals surface area contributed by atoms with Crippen molar-refractivity contribution in [1.82, 2.24) is 10.3 Å². The number of nitrogens with zero attached hydrogens (tertiary/aromatic N) is 3. The minimum Gasteiger partial charge on any atom is -0.475 e. The number of amides is 2. The van der Waals surface area contributed by atoms with Gasteiger partial charge in [0, 0.05) is 25.6 Å². The average molecular weight is 634 g/mol. The van der Waals surface area contributed by atoms with E-state index in [2.05, 4.69) is 16.4 Å². The number of rotatable bonds is 11. The molecular weight excluding hydrogens is 603 g/mol. The Morgan fingerprint density at radius 2 is 1.63 bits per heavy atom. The monoisotopic (exact) mass is 633 g/mol. The first kappa shape index (κ1) is 34.7. The molecule has 4 aromatic rings. The Labute approximate surface area is 262 Å². The van der Waals surface area contributed by atoms with Crippen LogP contribution in [-0.4, -0.2) is 34.1 Å². The SMILES string of the molecule is N#Cc1ccc(CN(C(=O)CCC(=O)NCc2ccccn2)c2ccccc2Oc2cccc(CN)c2)cc1.O=C(O)C(F)(F)F. The van der Waals surface area contributed by atoms with Gasteiger partial charge in [0.2, 0.25) is 11.8 Å². The number of para-hydroxylation sites is 2. The van der Waals surface area contributed by atoms with Crippen LogP contribution in [0.15, 0.2) is 97.2 Å². The number of carboxylic acid groups (broad SMARTS) is 1. The smallest absolute Gasteiger partial charge is 0.475 e. The van der Waals surface area contributed by atoms with Crippen molar-refractivity contribution >= 4 is 23.5 Å². The zero-order valence-electron chi connectivity index (χ0n) is 24.4. The van der Waals surface area contributed by atoms with Crippen LogP contribution >= 0.6 is 0 Å². The Morgan fingerprint density at radius 1 is 0.935 bits per heavy atom. The first-order valence-electron chi connectivity index (χ1n) is 13.8. The summed E-state index contributed by atoms with van der Waals surface area (Å²) in [6.45, 7) is 0.912. The van der Waals surface area contributed by atoms with E-state index in [0.717, 1.165) is 16.8 Å². The highest BCUT2D eigenvalue weighted by atomic mass is 19.4. The molecule has 0 unspecified atom stereocenters. The molecule has 238 valence electrons. The predicted molar refractivity (Wildman–Crippen MR) is 162 cm³/mol. The van der Waals surface area contributed by atoms with Gasteiger partial charge in [-0.1, -0.05) is 42.5 Å². The van der Waals surface area contributed by atoms with Crippen molar-refractivity contribution in [2.45, 2.75) is 38.7 Å². The molecule has 0 atom stereocenters. The molecule has 0 saturated heterocycles. The Hall–Kier alpha value is -5.74. The molecular formula is C33H30F3N5O5. The number of nitrogens with two attached hydrogens (primary N) is 1. The Morgan fingerprint density at radius 3 is 2.26 bits per heavy atom. The number of aromatic nitrogens is 1. The standard InChI is InChI=1S/C31H29N5O3.C2HF3O2/c32-19-23-11-13-24(14-12-23)22-36(31(38)16-15-30(37)35-21-26-7-3-4-17-34-26)28-9-1-2-10-29(28)39-27-8-5-6-25(18-27)20-33;3-2(4,5)1(6)7/h1-14,17-18H,15-16,20-22,33H2,(H,35,37);(H,6,7). The molecule has 0 spiro atoms. The number of carbonyl (C=O) groups excluding carboxylic acids is 2. The van der Waals surface area contributed by atoms with E-state index in [0.29, 0.717) is 35.8 Å². The van der Waals surface area contributed by atoms with Crippen LogP contribution in [0.4, 0.5) is 18.9 Å². The summed E-state index contributed by atoms with van der Waals surface area (Å²) in [7, 11) is 0. The van der Waals surface area contributed by atoms with E-state index in [1.54, 1.807) is 29.3 Å². The van der Waals surface area contributed by atoms with E-state index >= 15 is 0 Å². The Bertz CT molecular complexity index is 1660. The average Bonchev–Trinajstić information content (AvgIpc) is 3.06. The Kier molecular flexibility index (Phi) is 12.8. The highest BCUT2D eigenvalue weighted by molar-refractivity contribution is 5.96. The summed E-state index contributed by atoms with van der Waals surface area (Å²) in [5, 5.41) is 19.1. The van der Waals surface area contributed by atoms with Crippen LogP contribution < -0.4 is 20.7 Å². The lowest BCUT2D eigenvalue weighted by atomic mass is 10.1. The normalized spacial score (nSPS) is 10.5. The van der Waals surface area contributed by atoms with Gasteiger partial charge in [-0.25, -0.2) is 4.79 Å². The van der Waals surface area contributed by atoms with E-state index in [4.69, 9.17) is 25.6 Å². The zero-order chi connectivity index (χ0) is 33.5. The second-order valence-corrected chi connectivity index (χ2v) is 9.61. The maximum absolute atomic E-state index is 13.6. The topological polar surface area (TPSA) is 159 Å². The molecule has 46 heavy (non-hydrogen) atoms. The number of pyridine rings is 1. The fourth-order valence-electron chi connectivity index (χ4n) is 3.94. The van der Waals surface area contributed by atoms with Crippen LogP contribution in [-0.2, 0) is 34.0 Å². The number of nitrogens with one attached hydrogen (secondary N) is 1. The molecule has 0 fully saturated rings. The maximum atomic E-state index is 13.6. The first-order chi connectivity index (χ1) is 22.0. The van der Waals surface area contributed by atoms with Gasteiger partial charge >= 0.3 is 12.1 Å². The highest BCUT2D eigenvalue weighted by Gasteiger charge is 2.38. The molecule has 1 heterocycles. The van der Waals surface area contributed by atoms with Gasteiger partial charge in [0.15, 0.2) is 5.75 Å². The van der Waals surface area contributed by atoms with Gasteiger partial charge in [0.25, 0.3) is 0 Å². The quantitative estimate of drug-likeness (QED) is 0.196. The van der Waals surface area contributed by atoms with Crippen LogP contribution in [0.2, 0.25) is 0 Å². The number of alkyl halides is 3. The number of aliphatic carboxylic acids is 1. The van der Waals surface area contributed by atoms with Gasteiger partial charge < -0.3 is 25.8 Å². The van der Waals surface area contributed by atoms with Gasteiger partial charge in [0.1, 0.15) is 5.75 Å². The number of halogens is 3. The van der Waals surface area contributed by atoms with E-state index in [-0.39, 0.29) is 31.2 Å². The van der Waals surface area contributed by atoms with E-state index in [9.17, 15) is 22.8 Å². The summed E-state index contributed by atoms with van der Waals surface area (Å²) in [6.07, 6.45) is -3.39. The fraction of sp³-hybridized carbons (Fsp3) is 0.182. The lowest BCUT2D eigenvalue weighted by Crippen LogP contribution is -2.32. The second-order valence-electron chi connectivity index (χ2n) is 9.61. The molecule has 4 rings (SSSR count). The van der Waals surface area contributed by atoms with Crippen LogP contribution in [0.5, 0.6) is 11.5 Å². The van der Waals surface area contributed by atoms with E-state index in [1.165, 1.54) is 0 Å². The fourth-order valence-corrected chi connectivity index (χ4v) is 3.94. The molecule has 0 radical (unpaired) electrons. The third-order valence-corrected chi connectivity index (χ3v) is 6.24.